The van der Waals surface area contributed by atoms with Crippen molar-refractivity contribution < 1.29 is 14.0 Å². The standard InChI is InChI=1S/C28H30FN7O2/c1-5-19-6-12-23(13-7-19)36(25(20-14-16-30-17-15-20)27(38)31-28(2,3)4)24(37)18-35-33-26(32-34-35)21-8-10-22(29)11-9-21/h6-17,25H,5,18H2,1-4H3,(H,31,38)/t25-/m1/s1. The number of nitrogens with one attached hydrogen (secondary N) is 1. The number of aryl methyl sites for hydroxylation is 1. The maximum absolute atomic E-state index is 13.9. The van der Waals surface area contributed by atoms with Gasteiger partial charge < -0.3 is 5.32 Å². The maximum atomic E-state index is 13.9. The topological polar surface area (TPSA) is 106 Å². The average Bonchev–Trinajstić information content (AvgIpc) is 3.35. The number of nitrogens with zero attached hydrogens (tertiary/aromatic N) is 6. The number of carbonyl (C=O) groups excluding carboxylic acids is 2. The number of tetrazole rings is 1. The summed E-state index contributed by atoms with van der Waals surface area (Å²) in [6, 6.07) is 15.7. The van der Waals surface area contributed by atoms with Crippen molar-refractivity contribution in [3.8, 4) is 11.4 Å². The van der Waals surface area contributed by atoms with Crippen LogP contribution in [0.25, 0.3) is 11.4 Å². The third-order valence-corrected chi connectivity index (χ3v) is 5.75. The van der Waals surface area contributed by atoms with E-state index in [-0.39, 0.29) is 24.1 Å². The fourth-order valence-corrected chi connectivity index (χ4v) is 3.95. The Morgan fingerprint density at radius 2 is 1.66 bits per heavy atom. The Morgan fingerprint density at radius 3 is 2.26 bits per heavy atom. The van der Waals surface area contributed by atoms with E-state index in [0.29, 0.717) is 16.8 Å². The molecule has 10 heteroatoms. The number of aromatic nitrogens is 5. The van der Waals surface area contributed by atoms with Crippen molar-refractivity contribution in [1.29, 1.82) is 0 Å². The molecule has 4 aromatic rings. The molecule has 2 heterocycles. The normalized spacial score (nSPS) is 12.1. The van der Waals surface area contributed by atoms with Crippen LogP contribution in [0.3, 0.4) is 0 Å². The van der Waals surface area contributed by atoms with E-state index in [1.165, 1.54) is 34.0 Å². The first kappa shape index (κ1) is 26.6. The van der Waals surface area contributed by atoms with Gasteiger partial charge in [0.25, 0.3) is 5.91 Å². The third kappa shape index (κ3) is 6.44. The van der Waals surface area contributed by atoms with Crippen molar-refractivity contribution in [2.45, 2.75) is 52.2 Å². The third-order valence-electron chi connectivity index (χ3n) is 5.75. The number of hydrogen-bond donors (Lipinski definition) is 1. The molecule has 0 aliphatic rings. The molecule has 2 amide bonds. The first-order chi connectivity index (χ1) is 18.1. The first-order valence-electron chi connectivity index (χ1n) is 12.3. The smallest absolute Gasteiger partial charge is 0.251 e. The van der Waals surface area contributed by atoms with Gasteiger partial charge in [-0.3, -0.25) is 19.5 Å². The van der Waals surface area contributed by atoms with Crippen molar-refractivity contribution >= 4 is 17.5 Å². The van der Waals surface area contributed by atoms with Crippen LogP contribution in [0.5, 0.6) is 0 Å². The van der Waals surface area contributed by atoms with Crippen molar-refractivity contribution in [2.24, 2.45) is 0 Å². The van der Waals surface area contributed by atoms with Crippen LogP contribution in [0.4, 0.5) is 10.1 Å². The summed E-state index contributed by atoms with van der Waals surface area (Å²) in [7, 11) is 0. The summed E-state index contributed by atoms with van der Waals surface area (Å²) in [6.45, 7) is 7.42. The van der Waals surface area contributed by atoms with Gasteiger partial charge in [-0.15, -0.1) is 10.2 Å². The average molecular weight is 516 g/mol. The Labute approximate surface area is 220 Å². The molecule has 4 rings (SSSR count). The molecule has 0 aliphatic carbocycles. The van der Waals surface area contributed by atoms with Gasteiger partial charge >= 0.3 is 0 Å². The number of benzene rings is 2. The number of carbonyl (C=O) groups is 2. The monoisotopic (exact) mass is 515 g/mol. The second kappa shape index (κ2) is 11.3. The minimum absolute atomic E-state index is 0.257. The fraction of sp³-hybridized carbons (Fsp3) is 0.286. The molecule has 0 spiro atoms. The summed E-state index contributed by atoms with van der Waals surface area (Å²) in [5.74, 6) is -0.872. The van der Waals surface area contributed by atoms with Crippen molar-refractivity contribution in [1.82, 2.24) is 30.5 Å². The van der Waals surface area contributed by atoms with Crippen LogP contribution in [0.2, 0.25) is 0 Å². The quantitative estimate of drug-likeness (QED) is 0.378. The number of amides is 2. The minimum atomic E-state index is -0.975. The zero-order valence-corrected chi connectivity index (χ0v) is 21.8. The number of rotatable bonds is 8. The second-order valence-corrected chi connectivity index (χ2v) is 9.86. The van der Waals surface area contributed by atoms with Gasteiger partial charge in [-0.25, -0.2) is 4.39 Å². The second-order valence-electron chi connectivity index (χ2n) is 9.86. The Hall–Kier alpha value is -4.47. The van der Waals surface area contributed by atoms with E-state index in [4.69, 9.17) is 0 Å². The number of pyridine rings is 1. The van der Waals surface area contributed by atoms with Gasteiger partial charge in [0.15, 0.2) is 0 Å². The van der Waals surface area contributed by atoms with Crippen LogP contribution in [0.15, 0.2) is 73.1 Å². The van der Waals surface area contributed by atoms with Crippen LogP contribution < -0.4 is 10.2 Å². The Bertz CT molecular complexity index is 1380. The SMILES string of the molecule is CCc1ccc(N(C(=O)Cn2nnc(-c3ccc(F)cc3)n2)[C@@H](C(=O)NC(C)(C)C)c2ccncc2)cc1. The molecule has 0 unspecified atom stereocenters. The highest BCUT2D eigenvalue weighted by atomic mass is 19.1. The van der Waals surface area contributed by atoms with Crippen LogP contribution in [0, 0.1) is 5.82 Å². The molecule has 0 fully saturated rings. The van der Waals surface area contributed by atoms with Crippen molar-refractivity contribution in [3.05, 3.63) is 90.0 Å². The van der Waals surface area contributed by atoms with Gasteiger partial charge in [0, 0.05) is 29.2 Å². The summed E-state index contributed by atoms with van der Waals surface area (Å²) in [5.41, 5.74) is 2.30. The van der Waals surface area contributed by atoms with Gasteiger partial charge in [0.2, 0.25) is 11.7 Å². The molecular weight excluding hydrogens is 485 g/mol. The van der Waals surface area contributed by atoms with Crippen molar-refractivity contribution in [3.63, 3.8) is 0 Å². The number of hydrogen-bond acceptors (Lipinski definition) is 6. The molecule has 9 nitrogen and oxygen atoms in total. The Morgan fingerprint density at radius 1 is 1.00 bits per heavy atom. The van der Waals surface area contributed by atoms with E-state index in [9.17, 15) is 14.0 Å². The molecule has 1 atom stereocenters. The lowest BCUT2D eigenvalue weighted by molar-refractivity contribution is -0.128. The zero-order chi connectivity index (χ0) is 27.3. The summed E-state index contributed by atoms with van der Waals surface area (Å²) in [4.78, 5) is 34.3. The lowest BCUT2D eigenvalue weighted by atomic mass is 10.0. The van der Waals surface area contributed by atoms with Crippen molar-refractivity contribution in [2.75, 3.05) is 4.90 Å². The Kier molecular flexibility index (Phi) is 7.90. The molecule has 0 saturated heterocycles. The molecule has 38 heavy (non-hydrogen) atoms. The molecule has 196 valence electrons. The lowest BCUT2D eigenvalue weighted by Gasteiger charge is -2.33. The van der Waals surface area contributed by atoms with E-state index >= 15 is 0 Å². The molecular formula is C28H30FN7O2. The predicted octanol–water partition coefficient (Wildman–Crippen LogP) is 4.13. The molecule has 0 aliphatic heterocycles. The van der Waals surface area contributed by atoms with E-state index < -0.39 is 17.5 Å². The maximum Gasteiger partial charge on any atom is 0.251 e. The highest BCUT2D eigenvalue weighted by molar-refractivity contribution is 6.01. The summed E-state index contributed by atoms with van der Waals surface area (Å²) >= 11 is 0. The number of anilines is 1. The lowest BCUT2D eigenvalue weighted by Crippen LogP contribution is -2.50. The Balaban J connectivity index is 1.72. The number of halogens is 1. The van der Waals surface area contributed by atoms with Gasteiger partial charge in [0.1, 0.15) is 18.4 Å². The van der Waals surface area contributed by atoms with Gasteiger partial charge in [-0.2, -0.15) is 4.80 Å². The predicted molar refractivity (Wildman–Crippen MR) is 141 cm³/mol. The van der Waals surface area contributed by atoms with Crippen LogP contribution in [0.1, 0.15) is 44.9 Å². The van der Waals surface area contributed by atoms with E-state index in [1.54, 1.807) is 24.5 Å². The van der Waals surface area contributed by atoms with Crippen LogP contribution in [-0.4, -0.2) is 42.5 Å². The highest BCUT2D eigenvalue weighted by Gasteiger charge is 2.34. The van der Waals surface area contributed by atoms with Crippen LogP contribution >= 0.6 is 0 Å². The summed E-state index contributed by atoms with van der Waals surface area (Å²) in [5, 5.41) is 15.3. The first-order valence-corrected chi connectivity index (χ1v) is 12.3. The van der Waals surface area contributed by atoms with Gasteiger partial charge in [-0.05, 0) is 92.1 Å². The summed E-state index contributed by atoms with van der Waals surface area (Å²) < 4.78 is 13.3. The van der Waals surface area contributed by atoms with E-state index in [1.807, 2.05) is 52.0 Å². The van der Waals surface area contributed by atoms with E-state index in [0.717, 1.165) is 12.0 Å². The van der Waals surface area contributed by atoms with Crippen LogP contribution in [-0.2, 0) is 22.6 Å². The molecule has 0 saturated carbocycles. The van der Waals surface area contributed by atoms with Gasteiger partial charge in [-0.1, -0.05) is 19.1 Å². The fourth-order valence-electron chi connectivity index (χ4n) is 3.95. The largest absolute Gasteiger partial charge is 0.349 e. The highest BCUT2D eigenvalue weighted by Crippen LogP contribution is 2.29. The molecule has 2 aromatic carbocycles. The summed E-state index contributed by atoms with van der Waals surface area (Å²) in [6.07, 6.45) is 4.01. The molecule has 1 N–H and O–H groups in total. The molecule has 0 bridgehead atoms. The van der Waals surface area contributed by atoms with Gasteiger partial charge in [0.05, 0.1) is 0 Å². The molecule has 0 radical (unpaired) electrons. The van der Waals surface area contributed by atoms with E-state index in [2.05, 4.69) is 25.7 Å². The zero-order valence-electron chi connectivity index (χ0n) is 21.8. The minimum Gasteiger partial charge on any atom is -0.349 e. The molecule has 2 aromatic heterocycles.